The fraction of sp³-hybridized carbons (Fsp3) is 0.455. The molecule has 0 spiro atoms. The van der Waals surface area contributed by atoms with Crippen molar-refractivity contribution < 1.29 is 19.0 Å². The first-order chi connectivity index (χ1) is 14.6. The highest BCUT2D eigenvalue weighted by Gasteiger charge is 2.26. The predicted molar refractivity (Wildman–Crippen MR) is 122 cm³/mol. The van der Waals surface area contributed by atoms with E-state index in [0.29, 0.717) is 17.3 Å². The molecule has 1 aromatic heterocycles. The van der Waals surface area contributed by atoms with Crippen LogP contribution in [0.1, 0.15) is 65.5 Å². The largest absolute Gasteiger partial charge is 0.462 e. The molecule has 160 valence electrons. The minimum Gasteiger partial charge on any atom is -0.462 e. The smallest absolute Gasteiger partial charge is 0.341 e. The van der Waals surface area contributed by atoms with Crippen LogP contribution in [0, 0.1) is 0 Å². The van der Waals surface area contributed by atoms with Gasteiger partial charge in [-0.15, -0.1) is 11.3 Å². The summed E-state index contributed by atoms with van der Waals surface area (Å²) in [5.74, 6) is 1.23. The molecule has 2 aromatic rings. The first-order valence-corrected chi connectivity index (χ1v) is 11.6. The Bertz CT molecular complexity index is 957. The van der Waals surface area contributed by atoms with E-state index in [1.54, 1.807) is 11.3 Å². The van der Waals surface area contributed by atoms with Crippen LogP contribution in [-0.2, 0) is 17.6 Å². The van der Waals surface area contributed by atoms with Gasteiger partial charge in [0.15, 0.2) is 16.6 Å². The van der Waals surface area contributed by atoms with Gasteiger partial charge in [0, 0.05) is 4.88 Å². The lowest BCUT2D eigenvalue weighted by atomic mass is 10.1. The van der Waals surface area contributed by atoms with Crippen molar-refractivity contribution in [3.8, 4) is 11.5 Å². The van der Waals surface area contributed by atoms with Crippen LogP contribution < -0.4 is 20.1 Å². The molecule has 0 fully saturated rings. The molecule has 0 bridgehead atoms. The maximum absolute atomic E-state index is 12.7. The highest BCUT2D eigenvalue weighted by molar-refractivity contribution is 7.80. The standard InChI is InChI=1S/C22H26N2O4S2/c1-3-26-21(25)19-15-7-5-4-6-8-18(15)30-20(19)24-22(29)23-13(2)14-9-10-16-17(11-14)28-12-27-16/h9-11,13H,3-8,12H2,1-2H3,(H2,23,24,29)/t13-/m0/s1. The molecule has 1 aliphatic heterocycles. The number of thiophene rings is 1. The van der Waals surface area contributed by atoms with Gasteiger partial charge in [-0.25, -0.2) is 4.79 Å². The molecule has 0 saturated heterocycles. The minimum absolute atomic E-state index is 0.0386. The van der Waals surface area contributed by atoms with Gasteiger partial charge in [-0.2, -0.15) is 0 Å². The first-order valence-electron chi connectivity index (χ1n) is 10.4. The molecule has 30 heavy (non-hydrogen) atoms. The van der Waals surface area contributed by atoms with Crippen molar-refractivity contribution in [1.29, 1.82) is 0 Å². The highest BCUT2D eigenvalue weighted by atomic mass is 32.1. The molecule has 1 atom stereocenters. The van der Waals surface area contributed by atoms with E-state index >= 15 is 0 Å². The Labute approximate surface area is 185 Å². The molecule has 1 aromatic carbocycles. The quantitative estimate of drug-likeness (QED) is 0.382. The Balaban J connectivity index is 1.50. The predicted octanol–water partition coefficient (Wildman–Crippen LogP) is 4.97. The van der Waals surface area contributed by atoms with Crippen molar-refractivity contribution in [2.24, 2.45) is 0 Å². The molecule has 0 saturated carbocycles. The van der Waals surface area contributed by atoms with Crippen LogP contribution in [0.2, 0.25) is 0 Å². The van der Waals surface area contributed by atoms with E-state index in [4.69, 9.17) is 26.4 Å². The molecule has 2 aliphatic rings. The maximum Gasteiger partial charge on any atom is 0.341 e. The van der Waals surface area contributed by atoms with Gasteiger partial charge in [-0.3, -0.25) is 0 Å². The molecule has 4 rings (SSSR count). The van der Waals surface area contributed by atoms with Gasteiger partial charge in [0.2, 0.25) is 6.79 Å². The SMILES string of the molecule is CCOC(=O)c1c(NC(=S)N[C@@H](C)c2ccc3c(c2)OCO3)sc2c1CCCCC2. The van der Waals surface area contributed by atoms with Crippen LogP contribution >= 0.6 is 23.6 Å². The van der Waals surface area contributed by atoms with E-state index in [2.05, 4.69) is 10.6 Å². The van der Waals surface area contributed by atoms with Crippen LogP contribution in [0.25, 0.3) is 0 Å². The number of carbonyl (C=O) groups is 1. The summed E-state index contributed by atoms with van der Waals surface area (Å²) < 4.78 is 16.2. The van der Waals surface area contributed by atoms with Crippen LogP contribution in [0.15, 0.2) is 18.2 Å². The molecule has 0 amide bonds. The highest BCUT2D eigenvalue weighted by Crippen LogP contribution is 2.38. The Hall–Kier alpha value is -2.32. The molecule has 1 aliphatic carbocycles. The molecular formula is C22H26N2O4S2. The van der Waals surface area contributed by atoms with Crippen molar-refractivity contribution in [2.45, 2.75) is 52.0 Å². The summed E-state index contributed by atoms with van der Waals surface area (Å²) in [7, 11) is 0. The average Bonchev–Trinajstić information content (AvgIpc) is 3.25. The zero-order valence-electron chi connectivity index (χ0n) is 17.2. The topological polar surface area (TPSA) is 68.8 Å². The lowest BCUT2D eigenvalue weighted by Gasteiger charge is -2.18. The molecule has 8 heteroatoms. The summed E-state index contributed by atoms with van der Waals surface area (Å²) in [5, 5.41) is 7.82. The Morgan fingerprint density at radius 1 is 1.23 bits per heavy atom. The lowest BCUT2D eigenvalue weighted by Crippen LogP contribution is -2.31. The van der Waals surface area contributed by atoms with Crippen molar-refractivity contribution in [1.82, 2.24) is 5.32 Å². The number of thiocarbonyl (C=S) groups is 1. The number of esters is 1. The van der Waals surface area contributed by atoms with Crippen LogP contribution in [-0.4, -0.2) is 24.5 Å². The number of hydrogen-bond donors (Lipinski definition) is 2. The van der Waals surface area contributed by atoms with Gasteiger partial charge in [-0.1, -0.05) is 12.5 Å². The van der Waals surface area contributed by atoms with Gasteiger partial charge in [0.05, 0.1) is 18.2 Å². The van der Waals surface area contributed by atoms with Crippen molar-refractivity contribution >= 4 is 39.6 Å². The number of nitrogens with one attached hydrogen (secondary N) is 2. The zero-order chi connectivity index (χ0) is 21.1. The number of benzene rings is 1. The second kappa shape index (κ2) is 9.22. The van der Waals surface area contributed by atoms with Gasteiger partial charge in [0.25, 0.3) is 0 Å². The zero-order valence-corrected chi connectivity index (χ0v) is 18.8. The summed E-state index contributed by atoms with van der Waals surface area (Å²) in [5.41, 5.74) is 2.82. The number of carbonyl (C=O) groups excluding carboxylic acids is 1. The summed E-state index contributed by atoms with van der Waals surface area (Å²) in [6.07, 6.45) is 5.36. The van der Waals surface area contributed by atoms with E-state index < -0.39 is 0 Å². The Kier molecular flexibility index (Phi) is 6.43. The summed E-state index contributed by atoms with van der Waals surface area (Å²) in [4.78, 5) is 14.0. The summed E-state index contributed by atoms with van der Waals surface area (Å²) >= 11 is 7.19. The molecule has 0 radical (unpaired) electrons. The summed E-state index contributed by atoms with van der Waals surface area (Å²) in [6, 6.07) is 5.82. The van der Waals surface area contributed by atoms with Gasteiger partial charge in [-0.05, 0) is 75.0 Å². The number of ether oxygens (including phenoxy) is 3. The van der Waals surface area contributed by atoms with Gasteiger partial charge in [0.1, 0.15) is 5.00 Å². The second-order valence-electron chi connectivity index (χ2n) is 7.42. The van der Waals surface area contributed by atoms with Crippen molar-refractivity contribution in [3.63, 3.8) is 0 Å². The van der Waals surface area contributed by atoms with E-state index in [0.717, 1.165) is 53.3 Å². The third-order valence-electron chi connectivity index (χ3n) is 5.37. The fourth-order valence-corrected chi connectivity index (χ4v) is 5.48. The normalized spacial score (nSPS) is 15.7. The van der Waals surface area contributed by atoms with Crippen LogP contribution in [0.3, 0.4) is 0 Å². The number of hydrogen-bond acceptors (Lipinski definition) is 6. The second-order valence-corrected chi connectivity index (χ2v) is 8.94. The third kappa shape index (κ3) is 4.39. The number of rotatable bonds is 5. The van der Waals surface area contributed by atoms with E-state index in [9.17, 15) is 4.79 Å². The Morgan fingerprint density at radius 3 is 2.87 bits per heavy atom. The van der Waals surface area contributed by atoms with Crippen LogP contribution in [0.4, 0.5) is 5.00 Å². The number of anilines is 1. The minimum atomic E-state index is -0.272. The van der Waals surface area contributed by atoms with Crippen LogP contribution in [0.5, 0.6) is 11.5 Å². The summed E-state index contributed by atoms with van der Waals surface area (Å²) in [6.45, 7) is 4.46. The lowest BCUT2D eigenvalue weighted by molar-refractivity contribution is 0.0527. The maximum atomic E-state index is 12.7. The molecule has 0 unspecified atom stereocenters. The van der Waals surface area contributed by atoms with E-state index in [-0.39, 0.29) is 18.8 Å². The molecule has 6 nitrogen and oxygen atoms in total. The number of aryl methyl sites for hydroxylation is 1. The average molecular weight is 447 g/mol. The van der Waals surface area contributed by atoms with Gasteiger partial charge < -0.3 is 24.8 Å². The van der Waals surface area contributed by atoms with E-state index in [1.165, 1.54) is 11.3 Å². The fourth-order valence-electron chi connectivity index (χ4n) is 3.85. The molecule has 2 heterocycles. The Morgan fingerprint density at radius 2 is 2.03 bits per heavy atom. The van der Waals surface area contributed by atoms with Crippen molar-refractivity contribution in [3.05, 3.63) is 39.8 Å². The molecule has 2 N–H and O–H groups in total. The van der Waals surface area contributed by atoms with E-state index in [1.807, 2.05) is 32.0 Å². The molecular weight excluding hydrogens is 420 g/mol. The monoisotopic (exact) mass is 446 g/mol. The first kappa shape index (κ1) is 20.9. The number of fused-ring (bicyclic) bond motifs is 2. The van der Waals surface area contributed by atoms with Gasteiger partial charge >= 0.3 is 5.97 Å². The third-order valence-corrected chi connectivity index (χ3v) is 6.80. The van der Waals surface area contributed by atoms with Crippen molar-refractivity contribution in [2.75, 3.05) is 18.7 Å².